The van der Waals surface area contributed by atoms with Crippen molar-refractivity contribution >= 4 is 38.0 Å². The van der Waals surface area contributed by atoms with E-state index >= 15 is 0 Å². The molecule has 1 aliphatic carbocycles. The number of aromatic nitrogens is 1. The Hall–Kier alpha value is -3.69. The molecular formula is C29H33F3N4O4S. The molecule has 0 aliphatic heterocycles. The highest BCUT2D eigenvalue weighted by molar-refractivity contribution is 7.90. The Kier molecular flexibility index (Phi) is 9.19. The first-order chi connectivity index (χ1) is 19.3. The molecule has 1 aromatic heterocycles. The van der Waals surface area contributed by atoms with Crippen LogP contribution < -0.4 is 20.7 Å². The second-order valence-electron chi connectivity index (χ2n) is 10.2. The molecule has 220 valence electrons. The van der Waals surface area contributed by atoms with Crippen molar-refractivity contribution in [3.8, 4) is 17.6 Å². The second kappa shape index (κ2) is 12.4. The Morgan fingerprint density at radius 3 is 2.41 bits per heavy atom. The van der Waals surface area contributed by atoms with Crippen molar-refractivity contribution in [2.24, 2.45) is 0 Å². The number of carbonyl (C=O) groups is 1. The maximum absolute atomic E-state index is 13.6. The van der Waals surface area contributed by atoms with Gasteiger partial charge < -0.3 is 25.3 Å². The lowest BCUT2D eigenvalue weighted by molar-refractivity contribution is -0.140. The van der Waals surface area contributed by atoms with Gasteiger partial charge in [0, 0.05) is 36.3 Å². The van der Waals surface area contributed by atoms with Crippen LogP contribution in [-0.2, 0) is 21.2 Å². The molecule has 1 saturated carbocycles. The number of hydrogen-bond donors (Lipinski definition) is 3. The summed E-state index contributed by atoms with van der Waals surface area (Å²) in [7, 11) is -1.57. The van der Waals surface area contributed by atoms with E-state index in [9.17, 15) is 26.4 Å². The quantitative estimate of drug-likeness (QED) is 0.322. The highest BCUT2D eigenvalue weighted by Gasteiger charge is 2.30. The van der Waals surface area contributed by atoms with E-state index < -0.39 is 28.5 Å². The van der Waals surface area contributed by atoms with Crippen LogP contribution in [0.15, 0.2) is 47.4 Å². The van der Waals surface area contributed by atoms with Crippen LogP contribution in [0.1, 0.15) is 38.3 Å². The van der Waals surface area contributed by atoms with Gasteiger partial charge in [0.05, 0.1) is 21.8 Å². The number of fused-ring (bicyclic) bond motifs is 1. The fraction of sp³-hybridized carbons (Fsp3) is 0.414. The fourth-order valence-corrected chi connectivity index (χ4v) is 5.65. The number of hydrogen-bond acceptors (Lipinski definition) is 6. The Labute approximate surface area is 237 Å². The van der Waals surface area contributed by atoms with Crippen molar-refractivity contribution in [3.63, 3.8) is 0 Å². The van der Waals surface area contributed by atoms with Crippen LogP contribution in [0, 0.1) is 11.8 Å². The smallest absolute Gasteiger partial charge is 0.406 e. The molecule has 0 bridgehead atoms. The van der Waals surface area contributed by atoms with Crippen LogP contribution in [-0.4, -0.2) is 57.1 Å². The molecule has 8 nitrogen and oxygen atoms in total. The molecular weight excluding hydrogens is 557 g/mol. The van der Waals surface area contributed by atoms with Crippen LogP contribution in [0.4, 0.5) is 24.5 Å². The van der Waals surface area contributed by atoms with Gasteiger partial charge in [0.2, 0.25) is 5.91 Å². The van der Waals surface area contributed by atoms with Crippen LogP contribution in [0.5, 0.6) is 5.75 Å². The summed E-state index contributed by atoms with van der Waals surface area (Å²) in [6.07, 6.45) is 0.554. The molecule has 0 saturated heterocycles. The number of alkyl halides is 3. The molecule has 1 fully saturated rings. The summed E-state index contributed by atoms with van der Waals surface area (Å²) < 4.78 is 71.3. The first-order valence-electron chi connectivity index (χ1n) is 13.2. The zero-order chi connectivity index (χ0) is 29.8. The molecule has 41 heavy (non-hydrogen) atoms. The molecule has 0 unspecified atom stereocenters. The topological polar surface area (TPSA) is 101 Å². The van der Waals surface area contributed by atoms with Gasteiger partial charge in [0.25, 0.3) is 0 Å². The number of nitrogens with zero attached hydrogens (tertiary/aromatic N) is 1. The highest BCUT2D eigenvalue weighted by Crippen LogP contribution is 2.32. The van der Waals surface area contributed by atoms with E-state index in [1.165, 1.54) is 25.1 Å². The van der Waals surface area contributed by atoms with E-state index in [0.29, 0.717) is 16.9 Å². The Morgan fingerprint density at radius 1 is 1.07 bits per heavy atom. The summed E-state index contributed by atoms with van der Waals surface area (Å²) >= 11 is 0. The van der Waals surface area contributed by atoms with Gasteiger partial charge in [-0.05, 0) is 75.0 Å². The van der Waals surface area contributed by atoms with Crippen molar-refractivity contribution in [3.05, 3.63) is 48.2 Å². The van der Waals surface area contributed by atoms with Gasteiger partial charge in [-0.2, -0.15) is 13.2 Å². The molecule has 0 spiro atoms. The van der Waals surface area contributed by atoms with Gasteiger partial charge >= 0.3 is 6.18 Å². The van der Waals surface area contributed by atoms with Crippen LogP contribution >= 0.6 is 0 Å². The number of anilines is 2. The van der Waals surface area contributed by atoms with Crippen LogP contribution in [0.2, 0.25) is 0 Å². The zero-order valence-corrected chi connectivity index (χ0v) is 23.9. The van der Waals surface area contributed by atoms with Crippen LogP contribution in [0.25, 0.3) is 10.9 Å². The molecule has 1 heterocycles. The predicted octanol–water partition coefficient (Wildman–Crippen LogP) is 4.94. The summed E-state index contributed by atoms with van der Waals surface area (Å²) in [5.41, 5.74) is 1.52. The van der Waals surface area contributed by atoms with Gasteiger partial charge in [0.1, 0.15) is 18.9 Å². The molecule has 0 radical (unpaired) electrons. The number of benzene rings is 2. The molecule has 1 amide bonds. The molecule has 4 rings (SSSR count). The van der Waals surface area contributed by atoms with E-state index in [2.05, 4.69) is 27.8 Å². The number of carbonyl (C=O) groups excluding carboxylic acids is 1. The minimum atomic E-state index is -4.46. The monoisotopic (exact) mass is 590 g/mol. The lowest BCUT2D eigenvalue weighted by Gasteiger charge is -2.29. The van der Waals surface area contributed by atoms with Gasteiger partial charge in [-0.3, -0.25) is 4.79 Å². The van der Waals surface area contributed by atoms with E-state index in [1.54, 1.807) is 18.2 Å². The average molecular weight is 591 g/mol. The van der Waals surface area contributed by atoms with Crippen molar-refractivity contribution in [1.82, 2.24) is 9.88 Å². The van der Waals surface area contributed by atoms with Crippen molar-refractivity contribution in [2.75, 3.05) is 30.5 Å². The molecule has 0 atom stereocenters. The lowest BCUT2D eigenvalue weighted by atomic mass is 9.91. The second-order valence-corrected chi connectivity index (χ2v) is 12.2. The van der Waals surface area contributed by atoms with Gasteiger partial charge in [0.15, 0.2) is 9.84 Å². The average Bonchev–Trinajstić information content (AvgIpc) is 3.23. The minimum absolute atomic E-state index is 0.00385. The van der Waals surface area contributed by atoms with Crippen molar-refractivity contribution in [2.45, 2.75) is 62.3 Å². The molecule has 3 aromatic rings. The molecule has 2 aromatic carbocycles. The predicted molar refractivity (Wildman–Crippen MR) is 153 cm³/mol. The third-order valence-electron chi connectivity index (χ3n) is 6.98. The van der Waals surface area contributed by atoms with E-state index in [-0.39, 0.29) is 34.7 Å². The lowest BCUT2D eigenvalue weighted by Crippen LogP contribution is -2.34. The number of rotatable bonds is 8. The third kappa shape index (κ3) is 7.95. The largest absolute Gasteiger partial charge is 0.479 e. The van der Waals surface area contributed by atoms with Gasteiger partial charge in [-0.1, -0.05) is 12.0 Å². The number of halogens is 3. The van der Waals surface area contributed by atoms with Crippen LogP contribution in [0.3, 0.4) is 0 Å². The molecule has 1 aliphatic rings. The maximum Gasteiger partial charge on any atom is 0.406 e. The standard InChI is InChI=1S/C29H33F3N4O4S/c1-19(37)34-26-17-23(41(3,38)39)13-14-28(26)40-15-5-6-22-16-24-25(35-21-11-9-20(33-2)10-12-21)7-4-8-27(24)36(22)18-29(30,31)32/h4,7-8,13-14,16-17,20-21,33,35H,9-12,15,18H2,1-3H3,(H,34,37). The Balaban J connectivity index is 1.59. The number of amides is 1. The number of nitrogens with one attached hydrogen (secondary N) is 3. The molecule has 12 heteroatoms. The normalized spacial score (nSPS) is 17.5. The summed E-state index contributed by atoms with van der Waals surface area (Å²) in [6, 6.07) is 11.6. The summed E-state index contributed by atoms with van der Waals surface area (Å²) in [4.78, 5) is 11.6. The number of ether oxygens (including phenoxy) is 1. The Bertz CT molecular complexity index is 1580. The van der Waals surface area contributed by atoms with E-state index in [0.717, 1.165) is 42.2 Å². The Morgan fingerprint density at radius 2 is 1.78 bits per heavy atom. The first kappa shape index (κ1) is 30.3. The summed E-state index contributed by atoms with van der Waals surface area (Å²) in [5, 5.41) is 10.0. The van der Waals surface area contributed by atoms with Crippen molar-refractivity contribution in [1.29, 1.82) is 0 Å². The van der Waals surface area contributed by atoms with E-state index in [1.807, 2.05) is 13.1 Å². The minimum Gasteiger partial charge on any atom is -0.479 e. The van der Waals surface area contributed by atoms with Gasteiger partial charge in [-0.25, -0.2) is 8.42 Å². The first-order valence-corrected chi connectivity index (χ1v) is 15.1. The number of sulfone groups is 1. The summed E-state index contributed by atoms with van der Waals surface area (Å²) in [5.74, 6) is 5.31. The van der Waals surface area contributed by atoms with E-state index in [4.69, 9.17) is 4.74 Å². The SMILES string of the molecule is CNC1CCC(Nc2cccc3c2cc(C#CCOc2ccc(S(C)(=O)=O)cc2NC(C)=O)n3CC(F)(F)F)CC1. The molecule has 3 N–H and O–H groups in total. The van der Waals surface area contributed by atoms with Gasteiger partial charge in [-0.15, -0.1) is 0 Å². The fourth-order valence-electron chi connectivity index (χ4n) is 5.00. The maximum atomic E-state index is 13.6. The van der Waals surface area contributed by atoms with Crippen molar-refractivity contribution < 1.29 is 31.1 Å². The third-order valence-corrected chi connectivity index (χ3v) is 8.09. The highest BCUT2D eigenvalue weighted by atomic mass is 32.2. The zero-order valence-electron chi connectivity index (χ0n) is 23.1. The summed E-state index contributed by atoms with van der Waals surface area (Å²) in [6.45, 7) is -0.136.